The molecular formula is C22H20N4O2S. The molecule has 29 heavy (non-hydrogen) atoms. The Morgan fingerprint density at radius 3 is 2.48 bits per heavy atom. The number of aromatic nitrogens is 3. The van der Waals surface area contributed by atoms with Gasteiger partial charge in [0, 0.05) is 10.4 Å². The summed E-state index contributed by atoms with van der Waals surface area (Å²) in [5.74, 6) is 1.22. The summed E-state index contributed by atoms with van der Waals surface area (Å²) in [6.07, 6.45) is -0.718. The highest BCUT2D eigenvalue weighted by molar-refractivity contribution is 7.09. The molecule has 4 aromatic rings. The molecule has 0 saturated carbocycles. The lowest BCUT2D eigenvalue weighted by molar-refractivity contribution is 0.0713. The largest absolute Gasteiger partial charge is 0.481 e. The molecule has 6 nitrogen and oxygen atoms in total. The number of anilines is 1. The summed E-state index contributed by atoms with van der Waals surface area (Å²) in [6.45, 7) is 2.27. The third-order valence-electron chi connectivity index (χ3n) is 4.25. The number of nitrogens with one attached hydrogen (secondary N) is 1. The molecule has 0 spiro atoms. The van der Waals surface area contributed by atoms with Crippen LogP contribution in [-0.2, 0) is 6.54 Å². The maximum absolute atomic E-state index is 13.1. The Morgan fingerprint density at radius 2 is 1.79 bits per heavy atom. The number of nitrogens with zero attached hydrogens (tertiary/aromatic N) is 3. The Hall–Kier alpha value is -3.45. The first-order chi connectivity index (χ1) is 14.2. The van der Waals surface area contributed by atoms with Gasteiger partial charge in [0.1, 0.15) is 5.75 Å². The molecule has 0 aliphatic carbocycles. The van der Waals surface area contributed by atoms with Gasteiger partial charge in [-0.2, -0.15) is 9.67 Å². The zero-order chi connectivity index (χ0) is 20.1. The van der Waals surface area contributed by atoms with Crippen molar-refractivity contribution < 1.29 is 9.53 Å². The quantitative estimate of drug-likeness (QED) is 0.482. The molecule has 1 atom stereocenters. The summed E-state index contributed by atoms with van der Waals surface area (Å²) in [5.41, 5.74) is 0.842. The molecule has 0 aliphatic heterocycles. The Morgan fingerprint density at radius 1 is 1.07 bits per heavy atom. The van der Waals surface area contributed by atoms with Gasteiger partial charge in [-0.25, -0.2) is 0 Å². The number of carbonyl (C=O) groups excluding carboxylic acids is 1. The summed E-state index contributed by atoms with van der Waals surface area (Å²) < 4.78 is 7.08. The second-order valence-electron chi connectivity index (χ2n) is 6.38. The lowest BCUT2D eigenvalue weighted by Crippen LogP contribution is -2.31. The van der Waals surface area contributed by atoms with Crippen molar-refractivity contribution >= 4 is 23.2 Å². The predicted molar refractivity (Wildman–Crippen MR) is 114 cm³/mol. The van der Waals surface area contributed by atoms with Gasteiger partial charge in [0.15, 0.2) is 11.9 Å². The number of hydrogen-bond acceptors (Lipinski definition) is 6. The fraction of sp³-hybridized carbons (Fsp3) is 0.136. The van der Waals surface area contributed by atoms with Gasteiger partial charge >= 0.3 is 0 Å². The third-order valence-corrected chi connectivity index (χ3v) is 5.13. The summed E-state index contributed by atoms with van der Waals surface area (Å²) >= 11 is 1.64. The van der Waals surface area contributed by atoms with Crippen LogP contribution in [0.15, 0.2) is 78.2 Å². The van der Waals surface area contributed by atoms with E-state index in [9.17, 15) is 4.79 Å². The molecular weight excluding hydrogens is 384 g/mol. The molecule has 0 saturated heterocycles. The summed E-state index contributed by atoms with van der Waals surface area (Å²) in [4.78, 5) is 18.8. The van der Waals surface area contributed by atoms with E-state index >= 15 is 0 Å². The number of carbonyl (C=O) groups is 1. The van der Waals surface area contributed by atoms with Crippen molar-refractivity contribution in [1.29, 1.82) is 0 Å². The Balaban J connectivity index is 1.60. The SMILES string of the molecule is CC(Oc1ccccc1)C(=O)n1nc(-c2ccccc2)nc1NCc1cccs1. The van der Waals surface area contributed by atoms with Crippen LogP contribution < -0.4 is 10.1 Å². The first kappa shape index (κ1) is 18.9. The van der Waals surface area contributed by atoms with Crippen LogP contribution in [-0.4, -0.2) is 26.8 Å². The van der Waals surface area contributed by atoms with E-state index in [0.717, 1.165) is 10.4 Å². The van der Waals surface area contributed by atoms with E-state index in [0.29, 0.717) is 24.1 Å². The van der Waals surface area contributed by atoms with E-state index in [2.05, 4.69) is 15.4 Å². The highest BCUT2D eigenvalue weighted by Gasteiger charge is 2.23. The van der Waals surface area contributed by atoms with Crippen molar-refractivity contribution in [3.63, 3.8) is 0 Å². The van der Waals surface area contributed by atoms with Crippen molar-refractivity contribution in [2.45, 2.75) is 19.6 Å². The van der Waals surface area contributed by atoms with Crippen molar-refractivity contribution in [3.05, 3.63) is 83.1 Å². The number of para-hydroxylation sites is 1. The van der Waals surface area contributed by atoms with Gasteiger partial charge in [0.2, 0.25) is 5.95 Å². The van der Waals surface area contributed by atoms with E-state index < -0.39 is 6.10 Å². The van der Waals surface area contributed by atoms with Crippen molar-refractivity contribution in [2.24, 2.45) is 0 Å². The maximum atomic E-state index is 13.1. The van der Waals surface area contributed by atoms with Crippen LogP contribution >= 0.6 is 11.3 Å². The van der Waals surface area contributed by atoms with E-state index in [1.54, 1.807) is 18.3 Å². The van der Waals surface area contributed by atoms with Crippen molar-refractivity contribution in [3.8, 4) is 17.1 Å². The fourth-order valence-electron chi connectivity index (χ4n) is 2.79. The summed E-state index contributed by atoms with van der Waals surface area (Å²) in [6, 6.07) is 22.9. The van der Waals surface area contributed by atoms with Crippen molar-refractivity contribution in [2.75, 3.05) is 5.32 Å². The first-order valence-electron chi connectivity index (χ1n) is 9.25. The smallest absolute Gasteiger partial charge is 0.290 e. The molecule has 0 bridgehead atoms. The highest BCUT2D eigenvalue weighted by atomic mass is 32.1. The number of hydrogen-bond donors (Lipinski definition) is 1. The Labute approximate surface area is 172 Å². The van der Waals surface area contributed by atoms with Gasteiger partial charge in [-0.1, -0.05) is 54.6 Å². The molecule has 146 valence electrons. The van der Waals surface area contributed by atoms with Gasteiger partial charge in [-0.05, 0) is 30.5 Å². The van der Waals surface area contributed by atoms with Crippen LogP contribution in [0.4, 0.5) is 5.95 Å². The van der Waals surface area contributed by atoms with E-state index in [1.165, 1.54) is 4.68 Å². The molecule has 0 radical (unpaired) electrons. The molecule has 1 N–H and O–H groups in total. The van der Waals surface area contributed by atoms with Crippen LogP contribution in [0.5, 0.6) is 5.75 Å². The standard InChI is InChI=1S/C22H20N4O2S/c1-16(28-18-11-6-3-7-12-18)21(27)26-22(23-15-19-13-8-14-29-19)24-20(25-26)17-9-4-2-5-10-17/h2-14,16H,15H2,1H3,(H,23,24,25). The zero-order valence-electron chi connectivity index (χ0n) is 15.9. The minimum Gasteiger partial charge on any atom is -0.481 e. The van der Waals surface area contributed by atoms with Crippen LogP contribution in [0.2, 0.25) is 0 Å². The first-order valence-corrected chi connectivity index (χ1v) is 10.1. The molecule has 2 aromatic carbocycles. The molecule has 4 rings (SSSR count). The highest BCUT2D eigenvalue weighted by Crippen LogP contribution is 2.20. The fourth-order valence-corrected chi connectivity index (χ4v) is 3.44. The van der Waals surface area contributed by atoms with E-state index in [-0.39, 0.29) is 5.91 Å². The third kappa shape index (κ3) is 4.52. The number of ether oxygens (including phenoxy) is 1. The average molecular weight is 404 g/mol. The van der Waals surface area contributed by atoms with Gasteiger partial charge < -0.3 is 10.1 Å². The number of benzene rings is 2. The maximum Gasteiger partial charge on any atom is 0.290 e. The van der Waals surface area contributed by atoms with Crippen LogP contribution in [0.25, 0.3) is 11.4 Å². The van der Waals surface area contributed by atoms with Crippen LogP contribution in [0, 0.1) is 0 Å². The minimum atomic E-state index is -0.718. The monoisotopic (exact) mass is 404 g/mol. The molecule has 1 unspecified atom stereocenters. The molecule has 0 aliphatic rings. The molecule has 2 aromatic heterocycles. The second-order valence-corrected chi connectivity index (χ2v) is 7.41. The lowest BCUT2D eigenvalue weighted by atomic mass is 10.2. The molecule has 2 heterocycles. The van der Waals surface area contributed by atoms with Crippen LogP contribution in [0.1, 0.15) is 16.6 Å². The lowest BCUT2D eigenvalue weighted by Gasteiger charge is -2.14. The predicted octanol–water partition coefficient (Wildman–Crippen LogP) is 4.73. The second kappa shape index (κ2) is 8.70. The number of thiophene rings is 1. The topological polar surface area (TPSA) is 69.0 Å². The van der Waals surface area contributed by atoms with E-state index in [1.807, 2.05) is 78.2 Å². The Kier molecular flexibility index (Phi) is 5.67. The van der Waals surface area contributed by atoms with Crippen LogP contribution in [0.3, 0.4) is 0 Å². The minimum absolute atomic E-state index is 0.294. The van der Waals surface area contributed by atoms with Gasteiger partial charge in [-0.3, -0.25) is 4.79 Å². The van der Waals surface area contributed by atoms with Crippen molar-refractivity contribution in [1.82, 2.24) is 14.8 Å². The van der Waals surface area contributed by atoms with Gasteiger partial charge in [0.05, 0.1) is 6.54 Å². The Bertz CT molecular complexity index is 1060. The van der Waals surface area contributed by atoms with Gasteiger partial charge in [0.25, 0.3) is 5.91 Å². The van der Waals surface area contributed by atoms with Gasteiger partial charge in [-0.15, -0.1) is 16.4 Å². The normalized spacial score (nSPS) is 11.8. The number of rotatable bonds is 7. The average Bonchev–Trinajstić information content (AvgIpc) is 3.43. The zero-order valence-corrected chi connectivity index (χ0v) is 16.7. The summed E-state index contributed by atoms with van der Waals surface area (Å²) in [7, 11) is 0. The van der Waals surface area contributed by atoms with E-state index in [4.69, 9.17) is 4.74 Å². The summed E-state index contributed by atoms with van der Waals surface area (Å²) in [5, 5.41) is 9.70. The molecule has 0 fully saturated rings. The molecule has 7 heteroatoms. The molecule has 0 amide bonds.